The fourth-order valence-electron chi connectivity index (χ4n) is 4.76. The number of aromatic nitrogens is 2. The first-order valence-electron chi connectivity index (χ1n) is 12.2. The highest BCUT2D eigenvalue weighted by molar-refractivity contribution is 7.92. The van der Waals surface area contributed by atoms with E-state index in [2.05, 4.69) is 9.71 Å². The van der Waals surface area contributed by atoms with Gasteiger partial charge in [0.15, 0.2) is 0 Å². The minimum Gasteiger partial charge on any atom is -0.465 e. The number of pyridine rings is 1. The standard InChI is InChI=1S/C31H23N3O4S/c1-38-31(35)22-14-12-20(13-15-22)26-19-32-30-29(28(26)21-8-4-2-5-9-21)25-18-23(16-17-27(25)33-30)34-39(36,37)24-10-6-3-7-11-24/h2-19,34H,1H3,(H,32,33). The number of methoxy groups -OCH3 is 1. The van der Waals surface area contributed by atoms with Gasteiger partial charge in [0.2, 0.25) is 0 Å². The Morgan fingerprint density at radius 3 is 2.23 bits per heavy atom. The average Bonchev–Trinajstić information content (AvgIpc) is 3.35. The summed E-state index contributed by atoms with van der Waals surface area (Å²) in [5.41, 5.74) is 6.09. The second kappa shape index (κ2) is 9.74. The van der Waals surface area contributed by atoms with Gasteiger partial charge in [0.1, 0.15) is 5.65 Å². The summed E-state index contributed by atoms with van der Waals surface area (Å²) >= 11 is 0. The number of ether oxygens (including phenoxy) is 1. The number of benzene rings is 4. The number of nitrogens with one attached hydrogen (secondary N) is 2. The van der Waals surface area contributed by atoms with Gasteiger partial charge in [-0.05, 0) is 53.6 Å². The summed E-state index contributed by atoms with van der Waals surface area (Å²) in [5.74, 6) is -0.402. The molecule has 39 heavy (non-hydrogen) atoms. The number of aromatic amines is 1. The molecule has 0 bridgehead atoms. The zero-order chi connectivity index (χ0) is 27.0. The average molecular weight is 534 g/mol. The van der Waals surface area contributed by atoms with E-state index in [0.29, 0.717) is 16.9 Å². The van der Waals surface area contributed by atoms with Crippen molar-refractivity contribution < 1.29 is 17.9 Å². The lowest BCUT2D eigenvalue weighted by Gasteiger charge is -2.13. The number of carbonyl (C=O) groups excluding carboxylic acids is 1. The summed E-state index contributed by atoms with van der Waals surface area (Å²) < 4.78 is 33.5. The number of hydrogen-bond acceptors (Lipinski definition) is 5. The number of anilines is 1. The van der Waals surface area contributed by atoms with Gasteiger partial charge >= 0.3 is 5.97 Å². The molecule has 2 heterocycles. The van der Waals surface area contributed by atoms with Crippen LogP contribution in [0.15, 0.2) is 114 Å². The van der Waals surface area contributed by atoms with Gasteiger partial charge in [-0.1, -0.05) is 60.7 Å². The molecular formula is C31H23N3O4S. The van der Waals surface area contributed by atoms with Crippen molar-refractivity contribution in [2.75, 3.05) is 11.8 Å². The molecule has 8 heteroatoms. The molecule has 0 saturated heterocycles. The highest BCUT2D eigenvalue weighted by atomic mass is 32.2. The molecule has 0 aliphatic heterocycles. The molecule has 2 aromatic heterocycles. The van der Waals surface area contributed by atoms with Gasteiger partial charge in [0.05, 0.1) is 17.6 Å². The summed E-state index contributed by atoms with van der Waals surface area (Å²) in [7, 11) is -2.40. The Kier molecular flexibility index (Phi) is 6.09. The van der Waals surface area contributed by atoms with Crippen molar-refractivity contribution in [1.29, 1.82) is 0 Å². The van der Waals surface area contributed by atoms with Gasteiger partial charge in [-0.15, -0.1) is 0 Å². The predicted molar refractivity (Wildman–Crippen MR) is 153 cm³/mol. The maximum Gasteiger partial charge on any atom is 0.337 e. The molecule has 0 atom stereocenters. The third-order valence-corrected chi connectivity index (χ3v) is 8.00. The van der Waals surface area contributed by atoms with Crippen molar-refractivity contribution in [1.82, 2.24) is 9.97 Å². The van der Waals surface area contributed by atoms with Crippen LogP contribution < -0.4 is 4.72 Å². The van der Waals surface area contributed by atoms with Crippen molar-refractivity contribution in [3.05, 3.63) is 115 Å². The highest BCUT2D eigenvalue weighted by Crippen LogP contribution is 2.41. The van der Waals surface area contributed by atoms with Crippen LogP contribution >= 0.6 is 0 Å². The third kappa shape index (κ3) is 4.51. The quantitative estimate of drug-likeness (QED) is 0.234. The Balaban J connectivity index is 1.55. The van der Waals surface area contributed by atoms with Crippen LogP contribution in [0.3, 0.4) is 0 Å². The molecule has 0 spiro atoms. The summed E-state index contributed by atoms with van der Waals surface area (Å²) in [6, 6.07) is 30.8. The predicted octanol–water partition coefficient (Wildman–Crippen LogP) is 6.64. The van der Waals surface area contributed by atoms with Gasteiger partial charge < -0.3 is 9.72 Å². The van der Waals surface area contributed by atoms with Crippen LogP contribution in [-0.2, 0) is 14.8 Å². The molecule has 0 aliphatic carbocycles. The maximum absolute atomic E-state index is 13.0. The Hall–Kier alpha value is -4.95. The van der Waals surface area contributed by atoms with E-state index >= 15 is 0 Å². The van der Waals surface area contributed by atoms with Gasteiger partial charge in [0.25, 0.3) is 10.0 Å². The zero-order valence-corrected chi connectivity index (χ0v) is 21.7. The van der Waals surface area contributed by atoms with Crippen LogP contribution in [0.5, 0.6) is 0 Å². The monoisotopic (exact) mass is 533 g/mol. The Morgan fingerprint density at radius 2 is 1.54 bits per heavy atom. The number of esters is 1. The molecule has 0 amide bonds. The molecule has 4 aromatic carbocycles. The fourth-order valence-corrected chi connectivity index (χ4v) is 5.83. The van der Waals surface area contributed by atoms with E-state index in [0.717, 1.165) is 38.5 Å². The third-order valence-electron chi connectivity index (χ3n) is 6.61. The van der Waals surface area contributed by atoms with Gasteiger partial charge in [-0.25, -0.2) is 18.2 Å². The minimum atomic E-state index is -3.76. The van der Waals surface area contributed by atoms with Crippen LogP contribution in [0.25, 0.3) is 44.2 Å². The van der Waals surface area contributed by atoms with Crippen molar-refractivity contribution >= 4 is 43.6 Å². The maximum atomic E-state index is 13.0. The molecule has 0 fully saturated rings. The molecule has 0 aliphatic rings. The Bertz CT molecular complexity index is 1930. The zero-order valence-electron chi connectivity index (χ0n) is 20.9. The van der Waals surface area contributed by atoms with Gasteiger partial charge in [-0.3, -0.25) is 4.72 Å². The number of nitrogens with zero attached hydrogens (tertiary/aromatic N) is 1. The number of H-pyrrole nitrogens is 1. The highest BCUT2D eigenvalue weighted by Gasteiger charge is 2.19. The normalized spacial score (nSPS) is 11.5. The molecule has 192 valence electrons. The van der Waals surface area contributed by atoms with Crippen LogP contribution in [0.1, 0.15) is 10.4 Å². The van der Waals surface area contributed by atoms with Crippen LogP contribution in [-0.4, -0.2) is 31.5 Å². The minimum absolute atomic E-state index is 0.188. The van der Waals surface area contributed by atoms with E-state index in [9.17, 15) is 13.2 Å². The number of carbonyl (C=O) groups is 1. The summed E-state index contributed by atoms with van der Waals surface area (Å²) in [5, 5.41) is 1.70. The van der Waals surface area contributed by atoms with E-state index in [1.807, 2.05) is 60.8 Å². The number of hydrogen-bond donors (Lipinski definition) is 2. The lowest BCUT2D eigenvalue weighted by Crippen LogP contribution is -2.12. The number of sulfonamides is 1. The topological polar surface area (TPSA) is 101 Å². The van der Waals surface area contributed by atoms with Crippen molar-refractivity contribution in [2.45, 2.75) is 4.90 Å². The summed E-state index contributed by atoms with van der Waals surface area (Å²) in [6.07, 6.45) is 1.81. The van der Waals surface area contributed by atoms with E-state index in [1.54, 1.807) is 48.5 Å². The number of fused-ring (bicyclic) bond motifs is 3. The first kappa shape index (κ1) is 24.4. The second-order valence-electron chi connectivity index (χ2n) is 9.01. The number of rotatable bonds is 6. The van der Waals surface area contributed by atoms with Gasteiger partial charge in [0, 0.05) is 39.3 Å². The molecular weight excluding hydrogens is 510 g/mol. The Labute approximate surface area is 225 Å². The first-order valence-corrected chi connectivity index (χ1v) is 13.7. The molecule has 0 radical (unpaired) electrons. The van der Waals surface area contributed by atoms with Crippen molar-refractivity contribution in [3.8, 4) is 22.3 Å². The van der Waals surface area contributed by atoms with Crippen LogP contribution in [0, 0.1) is 0 Å². The molecule has 0 unspecified atom stereocenters. The van der Waals surface area contributed by atoms with Crippen LogP contribution in [0.2, 0.25) is 0 Å². The Morgan fingerprint density at radius 1 is 0.846 bits per heavy atom. The van der Waals surface area contributed by atoms with Crippen molar-refractivity contribution in [2.24, 2.45) is 0 Å². The van der Waals surface area contributed by atoms with Crippen LogP contribution in [0.4, 0.5) is 5.69 Å². The lowest BCUT2D eigenvalue weighted by atomic mass is 9.92. The van der Waals surface area contributed by atoms with E-state index in [1.165, 1.54) is 7.11 Å². The van der Waals surface area contributed by atoms with Crippen molar-refractivity contribution in [3.63, 3.8) is 0 Å². The smallest absolute Gasteiger partial charge is 0.337 e. The van der Waals surface area contributed by atoms with E-state index in [-0.39, 0.29) is 4.90 Å². The molecule has 0 saturated carbocycles. The largest absolute Gasteiger partial charge is 0.465 e. The molecule has 2 N–H and O–H groups in total. The first-order chi connectivity index (χ1) is 18.9. The van der Waals surface area contributed by atoms with Gasteiger partial charge in [-0.2, -0.15) is 0 Å². The molecule has 6 rings (SSSR count). The van der Waals surface area contributed by atoms with E-state index < -0.39 is 16.0 Å². The van der Waals surface area contributed by atoms with E-state index in [4.69, 9.17) is 9.72 Å². The molecule has 7 nitrogen and oxygen atoms in total. The fraction of sp³-hybridized carbons (Fsp3) is 0.0323. The lowest BCUT2D eigenvalue weighted by molar-refractivity contribution is 0.0600. The summed E-state index contributed by atoms with van der Waals surface area (Å²) in [4.78, 5) is 20.2. The second-order valence-corrected chi connectivity index (χ2v) is 10.7. The molecule has 6 aromatic rings. The SMILES string of the molecule is COC(=O)c1ccc(-c2cnc3[nH]c4ccc(NS(=O)(=O)c5ccccc5)cc4c3c2-c2ccccc2)cc1. The summed E-state index contributed by atoms with van der Waals surface area (Å²) in [6.45, 7) is 0.